The predicted octanol–water partition coefficient (Wildman–Crippen LogP) is 1.71. The minimum Gasteiger partial charge on any atom is -0.481 e. The molecule has 0 atom stereocenters. The Morgan fingerprint density at radius 2 is 2.22 bits per heavy atom. The molecule has 0 aliphatic heterocycles. The van der Waals surface area contributed by atoms with Crippen molar-refractivity contribution in [2.75, 3.05) is 5.75 Å². The number of aryl methyl sites for hydroxylation is 1. The van der Waals surface area contributed by atoms with Crippen LogP contribution in [0.1, 0.15) is 19.3 Å². The maximum atomic E-state index is 10.4. The van der Waals surface area contributed by atoms with Crippen LogP contribution in [0.3, 0.4) is 0 Å². The quantitative estimate of drug-likeness (QED) is 0.487. The first-order chi connectivity index (χ1) is 8.68. The smallest absolute Gasteiger partial charge is 0.303 e. The summed E-state index contributed by atoms with van der Waals surface area (Å²) < 4.78 is 1.90. The number of aromatic nitrogens is 4. The van der Waals surface area contributed by atoms with Gasteiger partial charge in [0.05, 0.1) is 6.33 Å². The highest BCUT2D eigenvalue weighted by atomic mass is 32.2. The highest BCUT2D eigenvalue weighted by Crippen LogP contribution is 2.24. The molecule has 0 radical (unpaired) electrons. The molecule has 1 N–H and O–H groups in total. The van der Waals surface area contributed by atoms with Gasteiger partial charge in [-0.2, -0.15) is 0 Å². The van der Waals surface area contributed by atoms with Gasteiger partial charge in [0.2, 0.25) is 0 Å². The average molecular weight is 266 g/mol. The third-order valence-corrected chi connectivity index (χ3v) is 3.56. The van der Waals surface area contributed by atoms with Crippen LogP contribution in [-0.2, 0) is 11.8 Å². The number of carboxylic acid groups (broad SMARTS) is 1. The first-order valence-corrected chi connectivity index (χ1v) is 6.63. The fourth-order valence-electron chi connectivity index (χ4n) is 1.61. The van der Waals surface area contributed by atoms with Gasteiger partial charge in [0.15, 0.2) is 5.65 Å². The van der Waals surface area contributed by atoms with Crippen molar-refractivity contribution in [1.29, 1.82) is 0 Å². The molecule has 2 heterocycles. The Hall–Kier alpha value is -1.63. The molecule has 0 saturated heterocycles. The number of hydrogen-bond acceptors (Lipinski definition) is 5. The Labute approximate surface area is 108 Å². The van der Waals surface area contributed by atoms with Gasteiger partial charge in [0.25, 0.3) is 0 Å². The van der Waals surface area contributed by atoms with E-state index in [1.165, 1.54) is 6.33 Å². The Bertz CT molecular complexity index is 555. The van der Waals surface area contributed by atoms with Crippen LogP contribution >= 0.6 is 11.8 Å². The van der Waals surface area contributed by atoms with Crippen molar-refractivity contribution in [3.63, 3.8) is 0 Å². The first kappa shape index (κ1) is 12.8. The van der Waals surface area contributed by atoms with Gasteiger partial charge in [-0.3, -0.25) is 4.79 Å². The molecular weight excluding hydrogens is 252 g/mol. The van der Waals surface area contributed by atoms with Crippen molar-refractivity contribution in [1.82, 2.24) is 19.5 Å². The average Bonchev–Trinajstić information content (AvgIpc) is 2.71. The van der Waals surface area contributed by atoms with Gasteiger partial charge in [0.1, 0.15) is 16.9 Å². The number of aliphatic carboxylic acids is 1. The summed E-state index contributed by atoms with van der Waals surface area (Å²) >= 11 is 1.62. The molecular formula is C11H14N4O2S. The molecule has 0 bridgehead atoms. The zero-order valence-corrected chi connectivity index (χ0v) is 10.9. The van der Waals surface area contributed by atoms with Crippen LogP contribution in [0, 0.1) is 0 Å². The third kappa shape index (κ3) is 2.98. The summed E-state index contributed by atoms with van der Waals surface area (Å²) in [6.45, 7) is 0. The van der Waals surface area contributed by atoms with Crippen LogP contribution in [0.5, 0.6) is 0 Å². The third-order valence-electron chi connectivity index (χ3n) is 2.50. The summed E-state index contributed by atoms with van der Waals surface area (Å²) in [6.07, 6.45) is 5.01. The highest BCUT2D eigenvalue weighted by Gasteiger charge is 2.08. The second kappa shape index (κ2) is 5.81. The van der Waals surface area contributed by atoms with Crippen molar-refractivity contribution in [3.05, 3.63) is 12.7 Å². The van der Waals surface area contributed by atoms with E-state index in [1.54, 1.807) is 18.1 Å². The van der Waals surface area contributed by atoms with E-state index in [9.17, 15) is 4.79 Å². The van der Waals surface area contributed by atoms with Crippen molar-refractivity contribution < 1.29 is 9.90 Å². The van der Waals surface area contributed by atoms with Crippen LogP contribution < -0.4 is 0 Å². The highest BCUT2D eigenvalue weighted by molar-refractivity contribution is 7.99. The second-order valence-electron chi connectivity index (χ2n) is 3.91. The zero-order chi connectivity index (χ0) is 13.0. The van der Waals surface area contributed by atoms with Crippen molar-refractivity contribution >= 4 is 28.9 Å². The predicted molar refractivity (Wildman–Crippen MR) is 68.5 cm³/mol. The fourth-order valence-corrected chi connectivity index (χ4v) is 2.64. The largest absolute Gasteiger partial charge is 0.481 e. The number of fused-ring (bicyclic) bond motifs is 1. The van der Waals surface area contributed by atoms with Gasteiger partial charge in [-0.25, -0.2) is 15.0 Å². The molecule has 0 amide bonds. The van der Waals surface area contributed by atoms with E-state index >= 15 is 0 Å². The molecule has 0 saturated carbocycles. The second-order valence-corrected chi connectivity index (χ2v) is 4.99. The molecule has 6 nitrogen and oxygen atoms in total. The number of thioether (sulfide) groups is 1. The van der Waals surface area contributed by atoms with Crippen LogP contribution in [0.15, 0.2) is 17.7 Å². The lowest BCUT2D eigenvalue weighted by atomic mass is 10.3. The summed E-state index contributed by atoms with van der Waals surface area (Å²) in [6, 6.07) is 0. The van der Waals surface area contributed by atoms with E-state index in [2.05, 4.69) is 15.0 Å². The summed E-state index contributed by atoms with van der Waals surface area (Å²) in [5.74, 6) is 0.112. The molecule has 0 aromatic carbocycles. The molecule has 96 valence electrons. The van der Waals surface area contributed by atoms with Gasteiger partial charge >= 0.3 is 5.97 Å². The zero-order valence-electron chi connectivity index (χ0n) is 10.0. The van der Waals surface area contributed by atoms with E-state index in [1.807, 2.05) is 11.6 Å². The van der Waals surface area contributed by atoms with E-state index in [0.717, 1.165) is 22.7 Å². The summed E-state index contributed by atoms with van der Waals surface area (Å²) in [5.41, 5.74) is 1.63. The fraction of sp³-hybridized carbons (Fsp3) is 0.455. The lowest BCUT2D eigenvalue weighted by molar-refractivity contribution is -0.137. The standard InChI is InChI=1S/C11H14N4O2S/c1-15-7-14-10-9(15)11(13-6-12-10)18-5-3-2-4-8(16)17/h6-7H,2-5H2,1H3,(H,16,17). The molecule has 0 aliphatic rings. The van der Waals surface area contributed by atoms with Gasteiger partial charge in [-0.1, -0.05) is 0 Å². The Kier molecular flexibility index (Phi) is 4.14. The number of nitrogens with zero attached hydrogens (tertiary/aromatic N) is 4. The number of carboxylic acids is 1. The molecule has 2 aromatic heterocycles. The lowest BCUT2D eigenvalue weighted by Crippen LogP contribution is -1.95. The molecule has 2 rings (SSSR count). The number of carbonyl (C=O) groups is 1. The number of imidazole rings is 1. The summed E-state index contributed by atoms with van der Waals surface area (Å²) in [4.78, 5) is 22.9. The minimum absolute atomic E-state index is 0.228. The Balaban J connectivity index is 1.95. The number of unbranched alkanes of at least 4 members (excludes halogenated alkanes) is 1. The van der Waals surface area contributed by atoms with Crippen LogP contribution in [0.25, 0.3) is 11.2 Å². The Morgan fingerprint density at radius 1 is 1.39 bits per heavy atom. The van der Waals surface area contributed by atoms with E-state index in [4.69, 9.17) is 5.11 Å². The maximum Gasteiger partial charge on any atom is 0.303 e. The van der Waals surface area contributed by atoms with Gasteiger partial charge in [-0.15, -0.1) is 11.8 Å². The normalized spacial score (nSPS) is 10.9. The van der Waals surface area contributed by atoms with Crippen LogP contribution in [-0.4, -0.2) is 36.3 Å². The number of rotatable bonds is 6. The molecule has 18 heavy (non-hydrogen) atoms. The first-order valence-electron chi connectivity index (χ1n) is 5.65. The molecule has 7 heteroatoms. The SMILES string of the molecule is Cn1cnc2ncnc(SCCCCC(=O)O)c21. The van der Waals surface area contributed by atoms with Gasteiger partial charge in [-0.05, 0) is 18.6 Å². The van der Waals surface area contributed by atoms with Crippen molar-refractivity contribution in [2.24, 2.45) is 7.05 Å². The molecule has 0 spiro atoms. The van der Waals surface area contributed by atoms with Gasteiger partial charge < -0.3 is 9.67 Å². The molecule has 0 aliphatic carbocycles. The topological polar surface area (TPSA) is 80.9 Å². The molecule has 0 unspecified atom stereocenters. The monoisotopic (exact) mass is 266 g/mol. The van der Waals surface area contributed by atoms with Crippen LogP contribution in [0.4, 0.5) is 0 Å². The van der Waals surface area contributed by atoms with E-state index < -0.39 is 5.97 Å². The Morgan fingerprint density at radius 3 is 3.00 bits per heavy atom. The lowest BCUT2D eigenvalue weighted by Gasteiger charge is -2.02. The minimum atomic E-state index is -0.740. The van der Waals surface area contributed by atoms with Crippen molar-refractivity contribution in [2.45, 2.75) is 24.3 Å². The summed E-state index contributed by atoms with van der Waals surface area (Å²) in [5, 5.41) is 9.44. The molecule has 0 fully saturated rings. The number of hydrogen-bond donors (Lipinski definition) is 1. The summed E-state index contributed by atoms with van der Waals surface area (Å²) in [7, 11) is 1.91. The molecule has 2 aromatic rings. The van der Waals surface area contributed by atoms with Crippen molar-refractivity contribution in [3.8, 4) is 0 Å². The van der Waals surface area contributed by atoms with E-state index in [-0.39, 0.29) is 6.42 Å². The van der Waals surface area contributed by atoms with E-state index in [0.29, 0.717) is 12.1 Å². The van der Waals surface area contributed by atoms with Crippen LogP contribution in [0.2, 0.25) is 0 Å². The maximum absolute atomic E-state index is 10.4. The van der Waals surface area contributed by atoms with Gasteiger partial charge in [0, 0.05) is 13.5 Å².